The summed E-state index contributed by atoms with van der Waals surface area (Å²) in [5.41, 5.74) is 4.80. The van der Waals surface area contributed by atoms with Crippen LogP contribution in [0.2, 0.25) is 0 Å². The molecule has 1 unspecified atom stereocenters. The summed E-state index contributed by atoms with van der Waals surface area (Å²) in [6.07, 6.45) is 4.20. The number of halogens is 1. The third kappa shape index (κ3) is 1.81. The number of carbonyl (C=O) groups excluding carboxylic acids is 2. The molecule has 1 saturated carbocycles. The maximum Gasteiger partial charge on any atom is 0.322 e. The van der Waals surface area contributed by atoms with E-state index in [-0.39, 0.29) is 30.8 Å². The van der Waals surface area contributed by atoms with Gasteiger partial charge in [-0.25, -0.2) is 4.79 Å². The molecule has 15 heavy (non-hydrogen) atoms. The number of carbonyl (C=O) groups is 2. The molecule has 0 aromatic carbocycles. The molecule has 86 valence electrons. The fraction of sp³-hybridized carbons (Fsp3) is 0.778. The first kappa shape index (κ1) is 12.3. The fourth-order valence-corrected chi connectivity index (χ4v) is 2.52. The average molecular weight is 234 g/mol. The standard InChI is InChI=1S/C9H15N3O2.ClH/c10-5-9(6-3-1-2-4-6)7(13)11-8(14)12-9;/h6H,1-5,10H2,(H2,11,12,13,14);1H. The van der Waals surface area contributed by atoms with Crippen LogP contribution in [0.4, 0.5) is 4.79 Å². The molecule has 0 bridgehead atoms. The Kier molecular flexibility index (Phi) is 3.57. The van der Waals surface area contributed by atoms with Gasteiger partial charge in [0, 0.05) is 6.54 Å². The SMILES string of the molecule is Cl.NCC1(C2CCCC2)NC(=O)NC1=O. The van der Waals surface area contributed by atoms with Crippen molar-refractivity contribution in [1.82, 2.24) is 10.6 Å². The number of hydrogen-bond acceptors (Lipinski definition) is 3. The van der Waals surface area contributed by atoms with E-state index in [9.17, 15) is 9.59 Å². The smallest absolute Gasteiger partial charge is 0.322 e. The topological polar surface area (TPSA) is 84.2 Å². The van der Waals surface area contributed by atoms with Crippen molar-refractivity contribution in [2.24, 2.45) is 11.7 Å². The fourth-order valence-electron chi connectivity index (χ4n) is 2.52. The molecule has 6 heteroatoms. The van der Waals surface area contributed by atoms with Gasteiger partial charge >= 0.3 is 6.03 Å². The molecular formula is C9H16ClN3O2. The van der Waals surface area contributed by atoms with Crippen molar-refractivity contribution >= 4 is 24.3 Å². The minimum atomic E-state index is -0.826. The molecule has 4 N–H and O–H groups in total. The number of amides is 3. The number of hydrogen-bond donors (Lipinski definition) is 3. The summed E-state index contributed by atoms with van der Waals surface area (Å²) in [6.45, 7) is 0.190. The number of nitrogens with one attached hydrogen (secondary N) is 2. The lowest BCUT2D eigenvalue weighted by Gasteiger charge is -2.30. The predicted molar refractivity (Wildman–Crippen MR) is 57.7 cm³/mol. The van der Waals surface area contributed by atoms with E-state index in [0.717, 1.165) is 25.7 Å². The minimum Gasteiger partial charge on any atom is -0.328 e. The summed E-state index contributed by atoms with van der Waals surface area (Å²) in [5.74, 6) is -0.0455. The van der Waals surface area contributed by atoms with Crippen molar-refractivity contribution in [3.8, 4) is 0 Å². The minimum absolute atomic E-state index is 0. The Labute approximate surface area is 94.6 Å². The third-order valence-electron chi connectivity index (χ3n) is 3.34. The van der Waals surface area contributed by atoms with Crippen LogP contribution in [0.1, 0.15) is 25.7 Å². The maximum absolute atomic E-state index is 11.7. The Morgan fingerprint density at radius 3 is 2.33 bits per heavy atom. The van der Waals surface area contributed by atoms with Gasteiger partial charge in [0.1, 0.15) is 5.54 Å². The van der Waals surface area contributed by atoms with Crippen LogP contribution in [0.15, 0.2) is 0 Å². The first-order valence-electron chi connectivity index (χ1n) is 5.03. The highest BCUT2D eigenvalue weighted by Crippen LogP contribution is 2.35. The maximum atomic E-state index is 11.7. The Hall–Kier alpha value is -0.810. The number of imide groups is 1. The van der Waals surface area contributed by atoms with Gasteiger partial charge < -0.3 is 11.1 Å². The highest BCUT2D eigenvalue weighted by molar-refractivity contribution is 6.07. The summed E-state index contributed by atoms with van der Waals surface area (Å²) in [4.78, 5) is 22.7. The molecule has 3 amide bonds. The number of nitrogens with two attached hydrogens (primary N) is 1. The molecule has 2 aliphatic rings. The van der Waals surface area contributed by atoms with Gasteiger partial charge in [-0.15, -0.1) is 12.4 Å². The van der Waals surface area contributed by atoms with E-state index in [1.807, 2.05) is 0 Å². The first-order valence-corrected chi connectivity index (χ1v) is 5.03. The van der Waals surface area contributed by atoms with Crippen molar-refractivity contribution in [2.75, 3.05) is 6.54 Å². The van der Waals surface area contributed by atoms with Crippen LogP contribution in [0.25, 0.3) is 0 Å². The number of urea groups is 1. The lowest BCUT2D eigenvalue weighted by Crippen LogP contribution is -2.57. The zero-order valence-corrected chi connectivity index (χ0v) is 9.23. The molecule has 0 aromatic rings. The van der Waals surface area contributed by atoms with Gasteiger partial charge in [0.25, 0.3) is 5.91 Å². The first-order chi connectivity index (χ1) is 6.69. The van der Waals surface area contributed by atoms with E-state index in [4.69, 9.17) is 5.73 Å². The molecule has 5 nitrogen and oxygen atoms in total. The molecular weight excluding hydrogens is 218 g/mol. The zero-order chi connectivity index (χ0) is 10.2. The average Bonchev–Trinajstić information content (AvgIpc) is 2.73. The van der Waals surface area contributed by atoms with Gasteiger partial charge in [-0.3, -0.25) is 10.1 Å². The van der Waals surface area contributed by atoms with Gasteiger partial charge in [-0.05, 0) is 18.8 Å². The van der Waals surface area contributed by atoms with Crippen molar-refractivity contribution < 1.29 is 9.59 Å². The van der Waals surface area contributed by atoms with E-state index < -0.39 is 11.6 Å². The predicted octanol–water partition coefficient (Wildman–Crippen LogP) is 0.135. The van der Waals surface area contributed by atoms with E-state index >= 15 is 0 Å². The highest BCUT2D eigenvalue weighted by Gasteiger charge is 2.51. The Balaban J connectivity index is 0.00000112. The molecule has 1 aliphatic carbocycles. The number of rotatable bonds is 2. The van der Waals surface area contributed by atoms with E-state index in [1.165, 1.54) is 0 Å². The van der Waals surface area contributed by atoms with E-state index in [0.29, 0.717) is 0 Å². The monoisotopic (exact) mass is 233 g/mol. The molecule has 1 saturated heterocycles. The van der Waals surface area contributed by atoms with Crippen LogP contribution in [0, 0.1) is 5.92 Å². The second-order valence-electron chi connectivity index (χ2n) is 4.07. The van der Waals surface area contributed by atoms with Crippen LogP contribution in [0.3, 0.4) is 0 Å². The largest absolute Gasteiger partial charge is 0.328 e. The van der Waals surface area contributed by atoms with Gasteiger partial charge in [-0.1, -0.05) is 12.8 Å². The molecule has 2 fully saturated rings. The molecule has 1 heterocycles. The Bertz CT molecular complexity index is 279. The summed E-state index contributed by atoms with van der Waals surface area (Å²) in [6, 6.07) is -0.410. The Morgan fingerprint density at radius 1 is 1.33 bits per heavy atom. The van der Waals surface area contributed by atoms with Gasteiger partial charge in [0.05, 0.1) is 0 Å². The second kappa shape index (κ2) is 4.37. The van der Waals surface area contributed by atoms with E-state index in [1.54, 1.807) is 0 Å². The van der Waals surface area contributed by atoms with Crippen molar-refractivity contribution in [3.63, 3.8) is 0 Å². The third-order valence-corrected chi connectivity index (χ3v) is 3.34. The molecule has 2 rings (SSSR count). The molecule has 0 radical (unpaired) electrons. The highest BCUT2D eigenvalue weighted by atomic mass is 35.5. The van der Waals surface area contributed by atoms with E-state index in [2.05, 4.69) is 10.6 Å². The summed E-state index contributed by atoms with van der Waals surface area (Å²) in [7, 11) is 0. The zero-order valence-electron chi connectivity index (χ0n) is 8.41. The van der Waals surface area contributed by atoms with Gasteiger partial charge in [0.2, 0.25) is 0 Å². The van der Waals surface area contributed by atoms with Crippen LogP contribution in [-0.4, -0.2) is 24.0 Å². The summed E-state index contributed by atoms with van der Waals surface area (Å²) < 4.78 is 0. The van der Waals surface area contributed by atoms with Gasteiger partial charge in [0.15, 0.2) is 0 Å². The second-order valence-corrected chi connectivity index (χ2v) is 4.07. The quantitative estimate of drug-likeness (QED) is 0.593. The lowest BCUT2D eigenvalue weighted by molar-refractivity contribution is -0.125. The van der Waals surface area contributed by atoms with Crippen LogP contribution < -0.4 is 16.4 Å². The normalized spacial score (nSPS) is 31.0. The molecule has 0 spiro atoms. The van der Waals surface area contributed by atoms with Gasteiger partial charge in [-0.2, -0.15) is 0 Å². The van der Waals surface area contributed by atoms with Crippen molar-refractivity contribution in [1.29, 1.82) is 0 Å². The van der Waals surface area contributed by atoms with Crippen molar-refractivity contribution in [3.05, 3.63) is 0 Å². The summed E-state index contributed by atoms with van der Waals surface area (Å²) >= 11 is 0. The van der Waals surface area contributed by atoms with Crippen molar-refractivity contribution in [2.45, 2.75) is 31.2 Å². The molecule has 1 aliphatic heterocycles. The Morgan fingerprint density at radius 2 is 1.93 bits per heavy atom. The summed E-state index contributed by atoms with van der Waals surface area (Å²) in [5, 5.41) is 4.95. The molecule has 1 atom stereocenters. The van der Waals surface area contributed by atoms with Crippen LogP contribution >= 0.6 is 12.4 Å². The van der Waals surface area contributed by atoms with Crippen LogP contribution in [-0.2, 0) is 4.79 Å². The lowest BCUT2D eigenvalue weighted by atomic mass is 9.82. The van der Waals surface area contributed by atoms with Crippen LogP contribution in [0.5, 0.6) is 0 Å². The molecule has 0 aromatic heterocycles.